The summed E-state index contributed by atoms with van der Waals surface area (Å²) in [7, 11) is 0. The van der Waals surface area contributed by atoms with E-state index < -0.39 is 0 Å². The lowest BCUT2D eigenvalue weighted by atomic mass is 9.58. The molecule has 260 valence electrons. The predicted molar refractivity (Wildman–Crippen MR) is 219 cm³/mol. The van der Waals surface area contributed by atoms with Gasteiger partial charge in [-0.15, -0.1) is 0 Å². The smallest absolute Gasteiger partial charge is 0.143 e. The summed E-state index contributed by atoms with van der Waals surface area (Å²) < 4.78 is 6.89. The molecule has 3 aliphatic carbocycles. The van der Waals surface area contributed by atoms with E-state index in [-0.39, 0.29) is 0 Å². The summed E-state index contributed by atoms with van der Waals surface area (Å²) in [6.45, 7) is 5.00. The fraction of sp³-hybridized carbons (Fsp3) is 0.320. The molecule has 0 radical (unpaired) electrons. The van der Waals surface area contributed by atoms with E-state index in [0.29, 0.717) is 11.8 Å². The van der Waals surface area contributed by atoms with E-state index in [0.717, 1.165) is 46.2 Å². The van der Waals surface area contributed by atoms with Crippen LogP contribution in [0, 0.1) is 23.7 Å². The van der Waals surface area contributed by atoms with Crippen molar-refractivity contribution in [3.05, 3.63) is 139 Å². The van der Waals surface area contributed by atoms with E-state index in [4.69, 9.17) is 4.42 Å². The summed E-state index contributed by atoms with van der Waals surface area (Å²) in [5, 5.41) is 4.92. The lowest BCUT2D eigenvalue weighted by molar-refractivity contribution is 0.0860. The average molecular weight is 680 g/mol. The highest BCUT2D eigenvalue weighted by molar-refractivity contribution is 6.20. The van der Waals surface area contributed by atoms with E-state index in [1.54, 1.807) is 0 Å². The summed E-state index contributed by atoms with van der Waals surface area (Å²) in [6, 6.07) is 47.6. The van der Waals surface area contributed by atoms with Gasteiger partial charge >= 0.3 is 0 Å². The van der Waals surface area contributed by atoms with Crippen molar-refractivity contribution in [3.63, 3.8) is 0 Å². The third kappa shape index (κ3) is 5.45. The third-order valence-corrected chi connectivity index (χ3v) is 13.2. The van der Waals surface area contributed by atoms with Crippen LogP contribution >= 0.6 is 0 Å². The Morgan fingerprint density at radius 3 is 2.06 bits per heavy atom. The zero-order valence-corrected chi connectivity index (χ0v) is 30.6. The molecule has 0 N–H and O–H groups in total. The molecule has 3 aliphatic rings. The van der Waals surface area contributed by atoms with E-state index in [2.05, 4.69) is 146 Å². The van der Waals surface area contributed by atoms with Crippen LogP contribution in [0.25, 0.3) is 43.8 Å². The molecule has 2 heteroatoms. The van der Waals surface area contributed by atoms with E-state index >= 15 is 0 Å². The molecule has 6 aromatic carbocycles. The molecule has 10 rings (SSSR count). The van der Waals surface area contributed by atoms with Gasteiger partial charge in [-0.25, -0.2) is 0 Å². The van der Waals surface area contributed by atoms with Crippen LogP contribution in [-0.4, -0.2) is 0 Å². The van der Waals surface area contributed by atoms with Gasteiger partial charge in [0, 0.05) is 32.9 Å². The maximum atomic E-state index is 6.89. The zero-order valence-electron chi connectivity index (χ0n) is 30.6. The Balaban J connectivity index is 1.12. The van der Waals surface area contributed by atoms with Gasteiger partial charge < -0.3 is 9.32 Å². The van der Waals surface area contributed by atoms with Gasteiger partial charge in [0.1, 0.15) is 11.2 Å². The number of hydrogen-bond acceptors (Lipinski definition) is 2. The van der Waals surface area contributed by atoms with E-state index in [9.17, 15) is 0 Å². The van der Waals surface area contributed by atoms with Crippen molar-refractivity contribution in [1.82, 2.24) is 0 Å². The fourth-order valence-electron chi connectivity index (χ4n) is 11.1. The molecular weight excluding hydrogens is 631 g/mol. The van der Waals surface area contributed by atoms with Gasteiger partial charge in [0.05, 0.1) is 5.69 Å². The minimum absolute atomic E-state index is 0.559. The number of anilines is 3. The summed E-state index contributed by atoms with van der Waals surface area (Å²) in [5.41, 5.74) is 11.0. The van der Waals surface area contributed by atoms with Gasteiger partial charge in [0.2, 0.25) is 0 Å². The highest BCUT2D eigenvalue weighted by atomic mass is 16.3. The second kappa shape index (κ2) is 13.0. The van der Waals surface area contributed by atoms with Gasteiger partial charge in [-0.2, -0.15) is 0 Å². The molecule has 5 unspecified atom stereocenters. The van der Waals surface area contributed by atoms with Crippen LogP contribution in [0.5, 0.6) is 0 Å². The first-order valence-electron chi connectivity index (χ1n) is 20.0. The van der Waals surface area contributed by atoms with Gasteiger partial charge in [-0.05, 0) is 133 Å². The zero-order chi connectivity index (χ0) is 34.8. The Morgan fingerprint density at radius 2 is 1.29 bits per heavy atom. The Morgan fingerprint density at radius 1 is 0.596 bits per heavy atom. The SMILES string of the molecule is CC1CC2CC(C)C(c3cccc4oc5c6ccccc6c(N(c6ccccc6)c6ccc(-c7ccc(C8CCCC8)cc7)cc6)cc5c34)C(C1)C2. The molecular formula is C50H49NO. The van der Waals surface area contributed by atoms with Crippen LogP contribution < -0.4 is 4.90 Å². The molecule has 1 heterocycles. The normalized spacial score (nSPS) is 23.5. The van der Waals surface area contributed by atoms with Crippen molar-refractivity contribution in [3.8, 4) is 11.1 Å². The molecule has 0 amide bonds. The third-order valence-electron chi connectivity index (χ3n) is 13.2. The maximum absolute atomic E-state index is 6.89. The average Bonchev–Trinajstić information content (AvgIpc) is 3.85. The Bertz CT molecular complexity index is 2360. The molecule has 1 aromatic heterocycles. The summed E-state index contributed by atoms with van der Waals surface area (Å²) in [5.74, 6) is 4.41. The molecule has 52 heavy (non-hydrogen) atoms. The first-order chi connectivity index (χ1) is 25.6. The standard InChI is InChI=1S/C50H49NO/c1-32-27-34-29-33(2)48(39(28-32)30-34)44-17-10-18-47-49(44)45-31-46(42-15-8-9-16-43(42)50(45)52-47)51(40-13-4-3-5-14-40)41-25-23-38(24-26-41)37-21-19-36(20-22-37)35-11-6-7-12-35/h3-5,8-10,13-26,31-35,39,48H,6-7,11-12,27-30H2,1-2H3. The summed E-state index contributed by atoms with van der Waals surface area (Å²) in [6.07, 6.45) is 10.9. The lowest BCUT2D eigenvalue weighted by Gasteiger charge is -2.46. The molecule has 0 saturated heterocycles. The number of fused-ring (bicyclic) bond motifs is 7. The Labute approximate surface area is 308 Å². The molecule has 0 aliphatic heterocycles. The second-order valence-electron chi connectivity index (χ2n) is 16.6. The van der Waals surface area contributed by atoms with E-state index in [1.165, 1.54) is 101 Å². The summed E-state index contributed by atoms with van der Waals surface area (Å²) >= 11 is 0. The van der Waals surface area contributed by atoms with Crippen molar-refractivity contribution < 1.29 is 4.42 Å². The Kier molecular flexibility index (Phi) is 7.96. The van der Waals surface area contributed by atoms with Gasteiger partial charge in [-0.3, -0.25) is 0 Å². The molecule has 5 atom stereocenters. The minimum Gasteiger partial charge on any atom is -0.455 e. The van der Waals surface area contributed by atoms with Crippen molar-refractivity contribution >= 4 is 49.8 Å². The molecule has 7 aromatic rings. The number of para-hydroxylation sites is 1. The van der Waals surface area contributed by atoms with Crippen molar-refractivity contribution in [1.29, 1.82) is 0 Å². The quantitative estimate of drug-likeness (QED) is 0.174. The first-order valence-corrected chi connectivity index (χ1v) is 20.0. The highest BCUT2D eigenvalue weighted by Gasteiger charge is 2.41. The second-order valence-corrected chi connectivity index (χ2v) is 16.6. The van der Waals surface area contributed by atoms with Gasteiger partial charge in [0.15, 0.2) is 0 Å². The minimum atomic E-state index is 0.559. The molecule has 3 fully saturated rings. The van der Waals surface area contributed by atoms with Crippen LogP contribution in [0.15, 0.2) is 132 Å². The molecule has 3 saturated carbocycles. The highest BCUT2D eigenvalue weighted by Crippen LogP contribution is 2.54. The summed E-state index contributed by atoms with van der Waals surface area (Å²) in [4.78, 5) is 2.45. The molecule has 0 spiro atoms. The number of rotatable bonds is 6. The lowest BCUT2D eigenvalue weighted by Crippen LogP contribution is -2.35. The predicted octanol–water partition coefficient (Wildman–Crippen LogP) is 14.7. The number of hydrogen-bond donors (Lipinski definition) is 0. The van der Waals surface area contributed by atoms with Crippen LogP contribution in [0.3, 0.4) is 0 Å². The fourth-order valence-corrected chi connectivity index (χ4v) is 11.1. The number of nitrogens with zero attached hydrogens (tertiary/aromatic N) is 1. The van der Waals surface area contributed by atoms with Gasteiger partial charge in [0.25, 0.3) is 0 Å². The maximum Gasteiger partial charge on any atom is 0.143 e. The van der Waals surface area contributed by atoms with Gasteiger partial charge in [-0.1, -0.05) is 118 Å². The van der Waals surface area contributed by atoms with Crippen LogP contribution in [0.4, 0.5) is 17.1 Å². The van der Waals surface area contributed by atoms with Crippen LogP contribution in [0.2, 0.25) is 0 Å². The number of furan rings is 1. The number of benzene rings is 6. The van der Waals surface area contributed by atoms with Crippen LogP contribution in [-0.2, 0) is 0 Å². The monoisotopic (exact) mass is 679 g/mol. The van der Waals surface area contributed by atoms with Crippen molar-refractivity contribution in [2.75, 3.05) is 4.90 Å². The molecule has 2 bridgehead atoms. The largest absolute Gasteiger partial charge is 0.455 e. The van der Waals surface area contributed by atoms with E-state index in [1.807, 2.05) is 0 Å². The topological polar surface area (TPSA) is 16.4 Å². The van der Waals surface area contributed by atoms with Crippen molar-refractivity contribution in [2.45, 2.75) is 77.0 Å². The van der Waals surface area contributed by atoms with Crippen molar-refractivity contribution in [2.24, 2.45) is 23.7 Å². The Hall–Kier alpha value is -4.82. The van der Waals surface area contributed by atoms with Crippen LogP contribution in [0.1, 0.15) is 88.2 Å². The first kappa shape index (κ1) is 31.9. The molecule has 2 nitrogen and oxygen atoms in total.